The number of anilines is 1. The number of hydrogen-bond donors (Lipinski definition) is 0. The average Bonchev–Trinajstić information content (AvgIpc) is 3.07. The molecule has 0 saturated carbocycles. The Balaban J connectivity index is 1.62. The highest BCUT2D eigenvalue weighted by molar-refractivity contribution is 5.79. The number of amides is 1. The predicted octanol–water partition coefficient (Wildman–Crippen LogP) is 4.84. The van der Waals surface area contributed by atoms with Crippen LogP contribution in [-0.4, -0.2) is 51.8 Å². The van der Waals surface area contributed by atoms with Gasteiger partial charge in [-0.25, -0.2) is 9.78 Å². The van der Waals surface area contributed by atoms with Crippen LogP contribution in [-0.2, 0) is 11.3 Å². The SMILES string of the molecule is Cc1ccccc1Cn1c(N2CCN(C(=O)OC(C)(C)C)[C@@H](C)C2)nc2ccccc21. The van der Waals surface area contributed by atoms with Crippen LogP contribution >= 0.6 is 0 Å². The van der Waals surface area contributed by atoms with Crippen molar-refractivity contribution in [3.8, 4) is 0 Å². The summed E-state index contributed by atoms with van der Waals surface area (Å²) in [6.45, 7) is 12.8. The Morgan fingerprint density at radius 2 is 1.81 bits per heavy atom. The third kappa shape index (κ3) is 4.53. The topological polar surface area (TPSA) is 50.6 Å². The van der Waals surface area contributed by atoms with Crippen LogP contribution in [0, 0.1) is 6.92 Å². The van der Waals surface area contributed by atoms with Gasteiger partial charge in [0.15, 0.2) is 0 Å². The molecule has 1 fully saturated rings. The number of benzene rings is 2. The van der Waals surface area contributed by atoms with Crippen molar-refractivity contribution in [2.24, 2.45) is 0 Å². The smallest absolute Gasteiger partial charge is 0.410 e. The van der Waals surface area contributed by atoms with Gasteiger partial charge in [-0.2, -0.15) is 0 Å². The summed E-state index contributed by atoms with van der Waals surface area (Å²) in [6, 6.07) is 16.8. The zero-order valence-corrected chi connectivity index (χ0v) is 19.1. The second kappa shape index (κ2) is 8.25. The van der Waals surface area contributed by atoms with Gasteiger partial charge in [0.05, 0.1) is 17.6 Å². The molecule has 1 aromatic heterocycles. The number of imidazole rings is 1. The molecule has 4 rings (SSSR count). The Bertz CT molecular complexity index is 1080. The van der Waals surface area contributed by atoms with Gasteiger partial charge in [-0.3, -0.25) is 0 Å². The molecule has 6 heteroatoms. The maximum absolute atomic E-state index is 12.6. The molecule has 1 aliphatic heterocycles. The standard InChI is InChI=1S/C25H32N4O2/c1-18-10-6-7-11-20(18)17-29-22-13-9-8-12-21(22)26-23(29)27-14-15-28(19(2)16-27)24(30)31-25(3,4)5/h6-13,19H,14-17H2,1-5H3/t19-/m0/s1. The molecule has 2 aromatic carbocycles. The first-order valence-corrected chi connectivity index (χ1v) is 11.0. The molecule has 31 heavy (non-hydrogen) atoms. The molecule has 0 N–H and O–H groups in total. The molecule has 0 spiro atoms. The van der Waals surface area contributed by atoms with Crippen LogP contribution in [0.1, 0.15) is 38.8 Å². The molecule has 164 valence electrons. The summed E-state index contributed by atoms with van der Waals surface area (Å²) in [5.74, 6) is 0.958. The lowest BCUT2D eigenvalue weighted by atomic mass is 10.1. The summed E-state index contributed by atoms with van der Waals surface area (Å²) in [4.78, 5) is 21.7. The van der Waals surface area contributed by atoms with E-state index in [0.29, 0.717) is 6.54 Å². The second-order valence-corrected chi connectivity index (χ2v) is 9.38. The summed E-state index contributed by atoms with van der Waals surface area (Å²) >= 11 is 0. The Hall–Kier alpha value is -3.02. The van der Waals surface area contributed by atoms with E-state index in [9.17, 15) is 4.79 Å². The number of aryl methyl sites for hydroxylation is 1. The highest BCUT2D eigenvalue weighted by Gasteiger charge is 2.32. The van der Waals surface area contributed by atoms with Gasteiger partial charge in [0.1, 0.15) is 5.60 Å². The van der Waals surface area contributed by atoms with Crippen molar-refractivity contribution in [1.29, 1.82) is 0 Å². The Morgan fingerprint density at radius 1 is 1.10 bits per heavy atom. The third-order valence-corrected chi connectivity index (χ3v) is 5.76. The largest absolute Gasteiger partial charge is 0.444 e. The van der Waals surface area contributed by atoms with Crippen molar-refractivity contribution < 1.29 is 9.53 Å². The Morgan fingerprint density at radius 3 is 2.52 bits per heavy atom. The molecule has 3 aromatic rings. The number of ether oxygens (including phenoxy) is 1. The molecule has 1 saturated heterocycles. The van der Waals surface area contributed by atoms with Crippen LogP contribution in [0.15, 0.2) is 48.5 Å². The number of carbonyl (C=O) groups excluding carboxylic acids is 1. The van der Waals surface area contributed by atoms with Crippen LogP contribution in [0.4, 0.5) is 10.7 Å². The molecular formula is C25H32N4O2. The zero-order valence-electron chi connectivity index (χ0n) is 19.1. The lowest BCUT2D eigenvalue weighted by Crippen LogP contribution is -2.55. The van der Waals surface area contributed by atoms with E-state index in [1.807, 2.05) is 31.7 Å². The summed E-state index contributed by atoms with van der Waals surface area (Å²) in [5, 5.41) is 0. The van der Waals surface area contributed by atoms with Gasteiger partial charge >= 0.3 is 6.09 Å². The van der Waals surface area contributed by atoms with E-state index >= 15 is 0 Å². The quantitative estimate of drug-likeness (QED) is 0.608. The van der Waals surface area contributed by atoms with Gasteiger partial charge in [0, 0.05) is 25.7 Å². The molecule has 6 nitrogen and oxygen atoms in total. The van der Waals surface area contributed by atoms with E-state index in [1.165, 1.54) is 11.1 Å². The second-order valence-electron chi connectivity index (χ2n) is 9.38. The van der Waals surface area contributed by atoms with Crippen LogP contribution in [0.5, 0.6) is 0 Å². The number of fused-ring (bicyclic) bond motifs is 1. The van der Waals surface area contributed by atoms with E-state index in [4.69, 9.17) is 9.72 Å². The number of piperazine rings is 1. The van der Waals surface area contributed by atoms with Gasteiger partial charge in [-0.05, 0) is 57.9 Å². The number of para-hydroxylation sites is 2. The van der Waals surface area contributed by atoms with E-state index in [-0.39, 0.29) is 12.1 Å². The minimum absolute atomic E-state index is 0.0373. The number of aromatic nitrogens is 2. The Labute approximate surface area is 184 Å². The highest BCUT2D eigenvalue weighted by atomic mass is 16.6. The molecule has 0 bridgehead atoms. The normalized spacial score (nSPS) is 17.3. The molecule has 0 radical (unpaired) electrons. The minimum atomic E-state index is -0.491. The van der Waals surface area contributed by atoms with Crippen molar-refractivity contribution in [3.05, 3.63) is 59.7 Å². The first-order valence-electron chi connectivity index (χ1n) is 11.0. The fourth-order valence-corrected chi connectivity index (χ4v) is 4.15. The van der Waals surface area contributed by atoms with Gasteiger partial charge in [-0.1, -0.05) is 36.4 Å². The molecule has 1 amide bonds. The molecule has 0 aliphatic carbocycles. The number of carbonyl (C=O) groups is 1. The highest BCUT2D eigenvalue weighted by Crippen LogP contribution is 2.27. The monoisotopic (exact) mass is 420 g/mol. The lowest BCUT2D eigenvalue weighted by molar-refractivity contribution is 0.0158. The lowest BCUT2D eigenvalue weighted by Gasteiger charge is -2.40. The third-order valence-electron chi connectivity index (χ3n) is 5.76. The first kappa shape index (κ1) is 21.2. The molecule has 2 heterocycles. The van der Waals surface area contributed by atoms with Crippen molar-refractivity contribution in [2.45, 2.75) is 52.8 Å². The number of nitrogens with zero attached hydrogens (tertiary/aromatic N) is 4. The van der Waals surface area contributed by atoms with Crippen molar-refractivity contribution in [1.82, 2.24) is 14.5 Å². The molecule has 1 atom stereocenters. The van der Waals surface area contributed by atoms with Crippen molar-refractivity contribution in [2.75, 3.05) is 24.5 Å². The Kier molecular flexibility index (Phi) is 5.65. The summed E-state index contributed by atoms with van der Waals surface area (Å²) in [5.41, 5.74) is 4.19. The summed E-state index contributed by atoms with van der Waals surface area (Å²) < 4.78 is 7.90. The van der Waals surface area contributed by atoms with Gasteiger partial charge in [-0.15, -0.1) is 0 Å². The van der Waals surface area contributed by atoms with Crippen LogP contribution < -0.4 is 4.90 Å². The van der Waals surface area contributed by atoms with Crippen LogP contribution in [0.3, 0.4) is 0 Å². The molecule has 1 aliphatic rings. The van der Waals surface area contributed by atoms with E-state index in [0.717, 1.165) is 36.6 Å². The van der Waals surface area contributed by atoms with Crippen LogP contribution in [0.25, 0.3) is 11.0 Å². The van der Waals surface area contributed by atoms with E-state index < -0.39 is 5.60 Å². The van der Waals surface area contributed by atoms with E-state index in [2.05, 4.69) is 65.8 Å². The molecule has 0 unspecified atom stereocenters. The van der Waals surface area contributed by atoms with Gasteiger partial charge in [0.2, 0.25) is 5.95 Å². The fourth-order valence-electron chi connectivity index (χ4n) is 4.15. The fraction of sp³-hybridized carbons (Fsp3) is 0.440. The number of hydrogen-bond acceptors (Lipinski definition) is 4. The van der Waals surface area contributed by atoms with Gasteiger partial charge in [0.25, 0.3) is 0 Å². The average molecular weight is 421 g/mol. The maximum Gasteiger partial charge on any atom is 0.410 e. The number of rotatable bonds is 3. The van der Waals surface area contributed by atoms with Crippen molar-refractivity contribution in [3.63, 3.8) is 0 Å². The molecular weight excluding hydrogens is 388 g/mol. The predicted molar refractivity (Wildman–Crippen MR) is 125 cm³/mol. The maximum atomic E-state index is 12.6. The van der Waals surface area contributed by atoms with E-state index in [1.54, 1.807) is 0 Å². The first-order chi connectivity index (χ1) is 14.7. The zero-order chi connectivity index (χ0) is 22.2. The summed E-state index contributed by atoms with van der Waals surface area (Å²) in [6.07, 6.45) is -0.243. The van der Waals surface area contributed by atoms with Crippen molar-refractivity contribution >= 4 is 23.1 Å². The minimum Gasteiger partial charge on any atom is -0.444 e. The summed E-state index contributed by atoms with van der Waals surface area (Å²) in [7, 11) is 0. The van der Waals surface area contributed by atoms with Gasteiger partial charge < -0.3 is 19.1 Å². The van der Waals surface area contributed by atoms with Crippen LogP contribution in [0.2, 0.25) is 0 Å².